The molecule has 0 bridgehead atoms. The Labute approximate surface area is 162 Å². The molecule has 0 aliphatic heterocycles. The summed E-state index contributed by atoms with van der Waals surface area (Å²) in [6.07, 6.45) is 1.07. The Morgan fingerprint density at radius 3 is 2.56 bits per heavy atom. The highest BCUT2D eigenvalue weighted by Crippen LogP contribution is 2.15. The molecule has 0 unspecified atom stereocenters. The molecule has 2 aromatic carbocycles. The number of aromatic nitrogens is 2. The van der Waals surface area contributed by atoms with Crippen molar-refractivity contribution in [2.75, 3.05) is 5.32 Å². The van der Waals surface area contributed by atoms with Crippen molar-refractivity contribution in [3.05, 3.63) is 83.6 Å². The van der Waals surface area contributed by atoms with Crippen molar-refractivity contribution in [2.24, 2.45) is 0 Å². The van der Waals surface area contributed by atoms with E-state index in [1.165, 1.54) is 0 Å². The van der Waals surface area contributed by atoms with Gasteiger partial charge in [0.2, 0.25) is 0 Å². The van der Waals surface area contributed by atoms with Gasteiger partial charge >= 0.3 is 0 Å². The molecule has 138 valence electrons. The highest BCUT2D eigenvalue weighted by molar-refractivity contribution is 7.80. The van der Waals surface area contributed by atoms with Crippen molar-refractivity contribution in [1.82, 2.24) is 9.97 Å². The third kappa shape index (κ3) is 5.72. The predicted octanol–water partition coefficient (Wildman–Crippen LogP) is 4.42. The van der Waals surface area contributed by atoms with Gasteiger partial charge in [-0.05, 0) is 36.8 Å². The lowest BCUT2D eigenvalue weighted by Gasteiger charge is -2.11. The molecule has 1 aromatic heterocycles. The largest absolute Gasteiger partial charge is 0.486 e. The summed E-state index contributed by atoms with van der Waals surface area (Å²) in [5.74, 6) is 0.334. The van der Waals surface area contributed by atoms with Crippen molar-refractivity contribution in [2.45, 2.75) is 20.1 Å². The van der Waals surface area contributed by atoms with E-state index >= 15 is 0 Å². The molecule has 3 rings (SSSR count). The van der Waals surface area contributed by atoms with Crippen molar-refractivity contribution < 1.29 is 13.9 Å². The summed E-state index contributed by atoms with van der Waals surface area (Å²) in [5, 5.41) is 2.68. The van der Waals surface area contributed by atoms with Gasteiger partial charge in [-0.25, -0.2) is 14.4 Å². The molecule has 5 nitrogen and oxygen atoms in total. The number of rotatable bonds is 6. The number of halogens is 1. The first-order chi connectivity index (χ1) is 13.1. The van der Waals surface area contributed by atoms with Gasteiger partial charge in [-0.2, -0.15) is 0 Å². The fourth-order valence-electron chi connectivity index (χ4n) is 2.20. The normalized spacial score (nSPS) is 10.3. The van der Waals surface area contributed by atoms with Crippen molar-refractivity contribution in [3.8, 4) is 5.75 Å². The third-order valence-corrected chi connectivity index (χ3v) is 3.84. The lowest BCUT2D eigenvalue weighted by molar-refractivity contribution is 0.294. The van der Waals surface area contributed by atoms with Gasteiger partial charge in [0, 0.05) is 0 Å². The van der Waals surface area contributed by atoms with Gasteiger partial charge in [0.1, 0.15) is 19.0 Å². The number of benzene rings is 2. The summed E-state index contributed by atoms with van der Waals surface area (Å²) in [7, 11) is 0. The van der Waals surface area contributed by atoms with E-state index in [-0.39, 0.29) is 24.2 Å². The first-order valence-corrected chi connectivity index (χ1v) is 8.69. The average molecular weight is 383 g/mol. The summed E-state index contributed by atoms with van der Waals surface area (Å²) >= 11 is 5.10. The zero-order valence-electron chi connectivity index (χ0n) is 14.7. The molecule has 0 saturated heterocycles. The van der Waals surface area contributed by atoms with Gasteiger partial charge in [-0.15, -0.1) is 0 Å². The Hall–Kier alpha value is -3.06. The Bertz CT molecular complexity index is 905. The zero-order chi connectivity index (χ0) is 19.1. The molecule has 27 heavy (non-hydrogen) atoms. The Kier molecular flexibility index (Phi) is 6.27. The third-order valence-electron chi connectivity index (χ3n) is 3.62. The number of aryl methyl sites for hydroxylation is 1. The topological polar surface area (TPSA) is 56.3 Å². The van der Waals surface area contributed by atoms with Crippen LogP contribution in [0.15, 0.2) is 60.8 Å². The molecule has 0 radical (unpaired) electrons. The minimum atomic E-state index is -0.625. The van der Waals surface area contributed by atoms with E-state index in [1.807, 2.05) is 61.5 Å². The second kappa shape index (κ2) is 9.05. The number of ether oxygens (including phenoxy) is 2. The van der Waals surface area contributed by atoms with Crippen LogP contribution in [0.5, 0.6) is 5.75 Å². The van der Waals surface area contributed by atoms with Gasteiger partial charge in [-0.1, -0.05) is 48.0 Å². The number of nitrogens with zero attached hydrogens (tertiary/aromatic N) is 2. The molecule has 7 heteroatoms. The summed E-state index contributed by atoms with van der Waals surface area (Å²) in [4.78, 5) is 8.05. The number of hydrogen-bond donors (Lipinski definition) is 1. The Morgan fingerprint density at radius 1 is 1.07 bits per heavy atom. The first-order valence-electron chi connectivity index (χ1n) is 8.29. The highest BCUT2D eigenvalue weighted by atomic mass is 32.1. The smallest absolute Gasteiger partial charge is 0.262 e. The van der Waals surface area contributed by atoms with Gasteiger partial charge in [0.15, 0.2) is 17.5 Å². The minimum absolute atomic E-state index is 0.0295. The van der Waals surface area contributed by atoms with E-state index in [1.54, 1.807) is 0 Å². The van der Waals surface area contributed by atoms with Crippen LogP contribution < -0.4 is 10.1 Å². The zero-order valence-corrected chi connectivity index (χ0v) is 15.5. The van der Waals surface area contributed by atoms with Crippen molar-refractivity contribution in [1.29, 1.82) is 0 Å². The number of nitrogens with one attached hydrogen (secondary N) is 1. The molecule has 0 aliphatic carbocycles. The van der Waals surface area contributed by atoms with E-state index in [2.05, 4.69) is 15.3 Å². The second-order valence-electron chi connectivity index (χ2n) is 5.77. The van der Waals surface area contributed by atoms with Crippen LogP contribution in [-0.4, -0.2) is 15.1 Å². The van der Waals surface area contributed by atoms with Crippen LogP contribution >= 0.6 is 12.2 Å². The minimum Gasteiger partial charge on any atom is -0.486 e. The quantitative estimate of drug-likeness (QED) is 0.636. The number of anilines is 1. The monoisotopic (exact) mass is 383 g/mol. The maximum Gasteiger partial charge on any atom is 0.262 e. The van der Waals surface area contributed by atoms with Gasteiger partial charge < -0.3 is 9.47 Å². The molecular weight excluding hydrogens is 365 g/mol. The second-order valence-corrected chi connectivity index (χ2v) is 6.14. The predicted molar refractivity (Wildman–Crippen MR) is 105 cm³/mol. The lowest BCUT2D eigenvalue weighted by atomic mass is 10.2. The lowest BCUT2D eigenvalue weighted by Crippen LogP contribution is -2.16. The van der Waals surface area contributed by atoms with E-state index in [0.29, 0.717) is 11.6 Å². The molecule has 0 aliphatic rings. The van der Waals surface area contributed by atoms with Gasteiger partial charge in [0.05, 0.1) is 6.20 Å². The van der Waals surface area contributed by atoms with Crippen LogP contribution in [0.2, 0.25) is 0 Å². The molecule has 0 amide bonds. The summed E-state index contributed by atoms with van der Waals surface area (Å²) < 4.78 is 25.0. The molecule has 3 aromatic rings. The van der Waals surface area contributed by atoms with Crippen LogP contribution in [0.4, 0.5) is 10.2 Å². The number of thiocarbonyl (C=S) groups is 1. The summed E-state index contributed by atoms with van der Waals surface area (Å²) in [6, 6.07) is 17.1. The van der Waals surface area contributed by atoms with Crippen LogP contribution in [0.25, 0.3) is 0 Å². The molecule has 0 atom stereocenters. The van der Waals surface area contributed by atoms with Crippen molar-refractivity contribution in [3.63, 3.8) is 0 Å². The summed E-state index contributed by atoms with van der Waals surface area (Å²) in [6.45, 7) is 2.38. The standard InChI is InChI=1S/C20H18FN3O2S/c1-14-7-9-16(10-8-14)25-13-18-22-11-17(21)19(23-18)24-20(27)26-12-15-5-3-2-4-6-15/h2-11H,12-13H2,1H3,(H,22,23,24,27). The van der Waals surface area contributed by atoms with E-state index in [0.717, 1.165) is 17.3 Å². The number of hydrogen-bond acceptors (Lipinski definition) is 5. The van der Waals surface area contributed by atoms with Gasteiger partial charge in [-0.3, -0.25) is 5.32 Å². The summed E-state index contributed by atoms with van der Waals surface area (Å²) in [5.41, 5.74) is 2.09. The highest BCUT2D eigenvalue weighted by Gasteiger charge is 2.10. The fourth-order valence-corrected chi connectivity index (χ4v) is 2.35. The average Bonchev–Trinajstić information content (AvgIpc) is 2.69. The van der Waals surface area contributed by atoms with Crippen LogP contribution in [0.3, 0.4) is 0 Å². The molecule has 1 N–H and O–H groups in total. The van der Waals surface area contributed by atoms with Crippen LogP contribution in [0, 0.1) is 12.7 Å². The van der Waals surface area contributed by atoms with Crippen LogP contribution in [0.1, 0.15) is 17.0 Å². The van der Waals surface area contributed by atoms with Crippen LogP contribution in [-0.2, 0) is 18.0 Å². The maximum atomic E-state index is 14.0. The SMILES string of the molecule is Cc1ccc(OCc2ncc(F)c(NC(=S)OCc3ccccc3)n2)cc1. The van der Waals surface area contributed by atoms with E-state index in [4.69, 9.17) is 21.7 Å². The molecular formula is C20H18FN3O2S. The molecule has 0 spiro atoms. The Morgan fingerprint density at radius 2 is 1.81 bits per heavy atom. The Balaban J connectivity index is 1.57. The van der Waals surface area contributed by atoms with E-state index < -0.39 is 5.82 Å². The maximum absolute atomic E-state index is 14.0. The molecule has 1 heterocycles. The fraction of sp³-hybridized carbons (Fsp3) is 0.150. The van der Waals surface area contributed by atoms with Crippen molar-refractivity contribution >= 4 is 23.2 Å². The molecule has 0 saturated carbocycles. The van der Waals surface area contributed by atoms with E-state index in [9.17, 15) is 4.39 Å². The first kappa shape index (κ1) is 18.7. The van der Waals surface area contributed by atoms with Gasteiger partial charge in [0.25, 0.3) is 5.17 Å². The molecule has 0 fully saturated rings.